The van der Waals surface area contributed by atoms with Crippen LogP contribution < -0.4 is 4.90 Å². The summed E-state index contributed by atoms with van der Waals surface area (Å²) in [6.07, 6.45) is 0. The van der Waals surface area contributed by atoms with Gasteiger partial charge in [-0.2, -0.15) is 0 Å². The smallest absolute Gasteiger partial charge is 0.0465 e. The normalized spacial score (nSPS) is 12.6. The SMILES string of the molecule is Cc1ccccc1-c1cc2ccccc2cc1-c1ccc(N(c2ccc(-c3ccc(-c4ccccc4)cc3)cc2)c2ccc3c(c2)C(C)(C)c2cccc(C)c2-3)cc1. The van der Waals surface area contributed by atoms with Crippen LogP contribution in [0.3, 0.4) is 0 Å². The van der Waals surface area contributed by atoms with Crippen molar-refractivity contribution < 1.29 is 0 Å². The standard InChI is InChI=1S/C57H45N/c1-38-13-8-11-19-50(38)53-36-46-18-10-9-17-45(46)35-52(53)44-27-31-48(32-28-44)58(49-33-34-51-55(37-49)57(3,4)54-20-12-14-39(2)56(51)54)47-29-25-43(26-30-47)42-23-21-41(22-24-42)40-15-6-5-7-16-40/h5-37H,1-4H3. The van der Waals surface area contributed by atoms with Gasteiger partial charge in [0.25, 0.3) is 0 Å². The van der Waals surface area contributed by atoms with Crippen molar-refractivity contribution in [2.45, 2.75) is 33.1 Å². The first kappa shape index (κ1) is 35.5. The van der Waals surface area contributed by atoms with Crippen LogP contribution in [0, 0.1) is 13.8 Å². The number of rotatable bonds is 7. The zero-order valence-electron chi connectivity index (χ0n) is 33.5. The van der Waals surface area contributed by atoms with E-state index in [0.717, 1.165) is 17.1 Å². The summed E-state index contributed by atoms with van der Waals surface area (Å²) in [5.41, 5.74) is 21.2. The highest BCUT2D eigenvalue weighted by molar-refractivity contribution is 5.97. The Balaban J connectivity index is 1.07. The molecule has 0 fully saturated rings. The molecule has 0 N–H and O–H groups in total. The molecule has 10 rings (SSSR count). The first-order chi connectivity index (χ1) is 28.3. The lowest BCUT2D eigenvalue weighted by molar-refractivity contribution is 0.660. The van der Waals surface area contributed by atoms with Crippen molar-refractivity contribution >= 4 is 27.8 Å². The van der Waals surface area contributed by atoms with Crippen LogP contribution in [0.5, 0.6) is 0 Å². The van der Waals surface area contributed by atoms with Crippen molar-refractivity contribution in [3.8, 4) is 55.6 Å². The third-order valence-corrected chi connectivity index (χ3v) is 12.4. The van der Waals surface area contributed by atoms with Gasteiger partial charge in [-0.3, -0.25) is 0 Å². The lowest BCUT2D eigenvalue weighted by Gasteiger charge is -2.28. The molecule has 0 aliphatic heterocycles. The highest BCUT2D eigenvalue weighted by Gasteiger charge is 2.36. The molecule has 0 radical (unpaired) electrons. The highest BCUT2D eigenvalue weighted by atomic mass is 15.1. The van der Waals surface area contributed by atoms with E-state index in [4.69, 9.17) is 0 Å². The number of benzene rings is 9. The summed E-state index contributed by atoms with van der Waals surface area (Å²) >= 11 is 0. The van der Waals surface area contributed by atoms with E-state index < -0.39 is 0 Å². The van der Waals surface area contributed by atoms with Crippen LogP contribution in [0.15, 0.2) is 200 Å². The molecule has 0 aromatic heterocycles. The summed E-state index contributed by atoms with van der Waals surface area (Å²) in [4.78, 5) is 2.42. The van der Waals surface area contributed by atoms with Gasteiger partial charge in [-0.1, -0.05) is 166 Å². The monoisotopic (exact) mass is 743 g/mol. The first-order valence-electron chi connectivity index (χ1n) is 20.3. The average Bonchev–Trinajstić information content (AvgIpc) is 3.50. The van der Waals surface area contributed by atoms with Crippen LogP contribution in [-0.4, -0.2) is 0 Å². The molecule has 58 heavy (non-hydrogen) atoms. The van der Waals surface area contributed by atoms with Gasteiger partial charge in [0.05, 0.1) is 0 Å². The van der Waals surface area contributed by atoms with Crippen molar-refractivity contribution in [2.75, 3.05) is 4.90 Å². The molecule has 9 aromatic rings. The molecule has 1 nitrogen and oxygen atoms in total. The van der Waals surface area contributed by atoms with E-state index in [-0.39, 0.29) is 5.41 Å². The Labute approximate surface area is 342 Å². The van der Waals surface area contributed by atoms with E-state index in [1.165, 1.54) is 88.7 Å². The Hall–Kier alpha value is -6.96. The van der Waals surface area contributed by atoms with Crippen LogP contribution in [0.1, 0.15) is 36.1 Å². The van der Waals surface area contributed by atoms with Crippen LogP contribution >= 0.6 is 0 Å². The van der Waals surface area contributed by atoms with Crippen molar-refractivity contribution in [3.05, 3.63) is 222 Å². The van der Waals surface area contributed by atoms with Gasteiger partial charge in [0, 0.05) is 22.5 Å². The number of anilines is 3. The second kappa shape index (κ2) is 14.2. The van der Waals surface area contributed by atoms with Crippen molar-refractivity contribution in [3.63, 3.8) is 0 Å². The topological polar surface area (TPSA) is 3.24 Å². The fraction of sp³-hybridized carbons (Fsp3) is 0.0877. The van der Waals surface area contributed by atoms with E-state index >= 15 is 0 Å². The molecular formula is C57H45N. The summed E-state index contributed by atoms with van der Waals surface area (Å²) in [5.74, 6) is 0. The Morgan fingerprint density at radius 2 is 0.828 bits per heavy atom. The molecule has 0 amide bonds. The summed E-state index contributed by atoms with van der Waals surface area (Å²) in [5, 5.41) is 2.49. The minimum Gasteiger partial charge on any atom is -0.310 e. The maximum absolute atomic E-state index is 2.43. The molecule has 0 atom stereocenters. The van der Waals surface area contributed by atoms with Crippen molar-refractivity contribution in [1.29, 1.82) is 0 Å². The van der Waals surface area contributed by atoms with E-state index in [2.05, 4.69) is 233 Å². The molecule has 1 aliphatic rings. The molecule has 0 spiro atoms. The molecule has 0 saturated carbocycles. The van der Waals surface area contributed by atoms with Crippen LogP contribution in [-0.2, 0) is 5.41 Å². The van der Waals surface area contributed by atoms with Gasteiger partial charge in [-0.05, 0) is 151 Å². The number of aryl methyl sites for hydroxylation is 2. The van der Waals surface area contributed by atoms with Gasteiger partial charge < -0.3 is 4.90 Å². The van der Waals surface area contributed by atoms with Crippen LogP contribution in [0.25, 0.3) is 66.4 Å². The maximum atomic E-state index is 2.43. The van der Waals surface area contributed by atoms with E-state index in [1.807, 2.05) is 0 Å². The lowest BCUT2D eigenvalue weighted by Crippen LogP contribution is -2.16. The highest BCUT2D eigenvalue weighted by Crippen LogP contribution is 2.52. The molecule has 0 unspecified atom stereocenters. The summed E-state index contributed by atoms with van der Waals surface area (Å²) in [7, 11) is 0. The molecule has 0 saturated heterocycles. The summed E-state index contributed by atoms with van der Waals surface area (Å²) < 4.78 is 0. The number of nitrogens with zero attached hydrogens (tertiary/aromatic N) is 1. The third-order valence-electron chi connectivity index (χ3n) is 12.4. The number of fused-ring (bicyclic) bond motifs is 4. The van der Waals surface area contributed by atoms with Gasteiger partial charge in [0.1, 0.15) is 0 Å². The Bertz CT molecular complexity index is 2950. The van der Waals surface area contributed by atoms with Gasteiger partial charge >= 0.3 is 0 Å². The predicted octanol–water partition coefficient (Wildman–Crippen LogP) is 15.9. The molecule has 0 heterocycles. The van der Waals surface area contributed by atoms with E-state index in [9.17, 15) is 0 Å². The van der Waals surface area contributed by atoms with Crippen LogP contribution in [0.2, 0.25) is 0 Å². The molecule has 1 aliphatic carbocycles. The quantitative estimate of drug-likeness (QED) is 0.157. The van der Waals surface area contributed by atoms with Crippen LogP contribution in [0.4, 0.5) is 17.1 Å². The maximum Gasteiger partial charge on any atom is 0.0465 e. The van der Waals surface area contributed by atoms with E-state index in [1.54, 1.807) is 0 Å². The van der Waals surface area contributed by atoms with Gasteiger partial charge in [0.15, 0.2) is 0 Å². The van der Waals surface area contributed by atoms with Gasteiger partial charge in [-0.15, -0.1) is 0 Å². The fourth-order valence-corrected chi connectivity index (χ4v) is 9.20. The molecule has 278 valence electrons. The van der Waals surface area contributed by atoms with E-state index in [0.29, 0.717) is 0 Å². The van der Waals surface area contributed by atoms with Crippen molar-refractivity contribution in [1.82, 2.24) is 0 Å². The second-order valence-electron chi connectivity index (χ2n) is 16.3. The molecular weight excluding hydrogens is 699 g/mol. The van der Waals surface area contributed by atoms with Gasteiger partial charge in [-0.25, -0.2) is 0 Å². The second-order valence-corrected chi connectivity index (χ2v) is 16.3. The number of hydrogen-bond acceptors (Lipinski definition) is 1. The average molecular weight is 744 g/mol. The molecule has 0 bridgehead atoms. The largest absolute Gasteiger partial charge is 0.310 e. The Morgan fingerprint density at radius 1 is 0.328 bits per heavy atom. The first-order valence-corrected chi connectivity index (χ1v) is 20.3. The summed E-state index contributed by atoms with van der Waals surface area (Å²) in [6.45, 7) is 9.18. The number of hydrogen-bond donors (Lipinski definition) is 0. The third kappa shape index (κ3) is 6.12. The molecule has 1 heteroatoms. The summed E-state index contributed by atoms with van der Waals surface area (Å²) in [6, 6.07) is 73.7. The molecule has 9 aromatic carbocycles. The minimum absolute atomic E-state index is 0.111. The zero-order valence-corrected chi connectivity index (χ0v) is 33.5. The minimum atomic E-state index is -0.111. The predicted molar refractivity (Wildman–Crippen MR) is 247 cm³/mol. The van der Waals surface area contributed by atoms with Gasteiger partial charge in [0.2, 0.25) is 0 Å². The lowest BCUT2D eigenvalue weighted by atomic mass is 9.82. The van der Waals surface area contributed by atoms with Crippen molar-refractivity contribution in [2.24, 2.45) is 0 Å². The fourth-order valence-electron chi connectivity index (χ4n) is 9.20. The Morgan fingerprint density at radius 3 is 1.47 bits per heavy atom. The Kier molecular flexibility index (Phi) is 8.68. The zero-order chi connectivity index (χ0) is 39.4.